The fourth-order valence-corrected chi connectivity index (χ4v) is 2.17. The van der Waals surface area contributed by atoms with Crippen LogP contribution in [0, 0.1) is 5.92 Å². The van der Waals surface area contributed by atoms with Crippen molar-refractivity contribution in [2.75, 3.05) is 6.54 Å². The Kier molecular flexibility index (Phi) is 4.81. The van der Waals surface area contributed by atoms with E-state index in [0.29, 0.717) is 0 Å². The van der Waals surface area contributed by atoms with Crippen LogP contribution in [-0.2, 0) is 0 Å². The first-order valence-corrected chi connectivity index (χ1v) is 9.34. The smallest absolute Gasteiger partial charge is 0.0721 e. The van der Waals surface area contributed by atoms with Crippen molar-refractivity contribution in [3.8, 4) is 0 Å². The Balaban J connectivity index is 2.68. The summed E-state index contributed by atoms with van der Waals surface area (Å²) in [6.07, 6.45) is 0. The zero-order valence-electron chi connectivity index (χ0n) is 5.49. The lowest BCUT2D eigenvalue weighted by Crippen LogP contribution is -2.23. The van der Waals surface area contributed by atoms with Crippen LogP contribution in [0.1, 0.15) is 13.8 Å². The van der Waals surface area contributed by atoms with E-state index in [0.717, 1.165) is 5.92 Å². The Bertz CT molecular complexity index is 38.7. The molecule has 0 aromatic heterocycles. The molecule has 0 aromatic rings. The van der Waals surface area contributed by atoms with E-state index in [1.807, 2.05) is 0 Å². The third-order valence-electron chi connectivity index (χ3n) is 0.803. The van der Waals surface area contributed by atoms with Crippen LogP contribution >= 0.6 is 0 Å². The van der Waals surface area contributed by atoms with E-state index in [9.17, 15) is 0 Å². The van der Waals surface area contributed by atoms with E-state index in [4.69, 9.17) is 0 Å². The Labute approximate surface area is 51.0 Å². The predicted octanol–water partition coefficient (Wildman–Crippen LogP) is -1.40. The van der Waals surface area contributed by atoms with E-state index in [1.165, 1.54) is 16.3 Å². The van der Waals surface area contributed by atoms with E-state index >= 15 is 0 Å². The number of nitrogens with one attached hydrogen (secondary N) is 1. The molecule has 0 aliphatic carbocycles. The fraction of sp³-hybridized carbons (Fsp3) is 1.00. The Morgan fingerprint density at radius 1 is 1.71 bits per heavy atom. The zero-order valence-corrected chi connectivity index (χ0v) is 8.91. The van der Waals surface area contributed by atoms with Gasteiger partial charge in [0.25, 0.3) is 0 Å². The van der Waals surface area contributed by atoms with Gasteiger partial charge in [-0.15, -0.1) is 0 Å². The maximum atomic E-state index is 3.45. The van der Waals surface area contributed by atoms with Gasteiger partial charge in [-0.1, -0.05) is 13.8 Å². The monoisotopic (exact) mass is 133 g/mol. The van der Waals surface area contributed by atoms with Crippen LogP contribution in [-0.4, -0.2) is 25.5 Å². The highest BCUT2D eigenvalue weighted by Gasteiger charge is 1.87. The average molecular weight is 133 g/mol. The van der Waals surface area contributed by atoms with Crippen LogP contribution in [0.5, 0.6) is 0 Å². The molecule has 7 heavy (non-hydrogen) atoms. The second-order valence-corrected chi connectivity index (χ2v) is 5.53. The zero-order chi connectivity index (χ0) is 5.70. The van der Waals surface area contributed by atoms with E-state index in [2.05, 4.69) is 18.8 Å². The fourth-order valence-electron chi connectivity index (χ4n) is 0.433. The van der Waals surface area contributed by atoms with Crippen LogP contribution in [0.3, 0.4) is 0 Å². The van der Waals surface area contributed by atoms with Gasteiger partial charge in [0, 0.05) is 9.76 Å². The molecule has 0 spiro atoms. The number of rotatable bonds is 3. The topological polar surface area (TPSA) is 12.0 Å². The highest BCUT2D eigenvalue weighted by atomic mass is 29.1. The molecule has 0 saturated carbocycles. The normalized spacial score (nSPS) is 12.4. The van der Waals surface area contributed by atoms with Crippen LogP contribution < -0.4 is 4.98 Å². The lowest BCUT2D eigenvalue weighted by Gasteiger charge is -2.01. The van der Waals surface area contributed by atoms with Gasteiger partial charge in [-0.2, -0.15) is 0 Å². The summed E-state index contributed by atoms with van der Waals surface area (Å²) in [5.74, 6) is 0.849. The molecule has 1 N–H and O–H groups in total. The number of hydrogen-bond donors (Lipinski definition) is 1. The third-order valence-corrected chi connectivity index (χ3v) is 3.09. The van der Waals surface area contributed by atoms with Crippen molar-refractivity contribution in [1.82, 2.24) is 4.98 Å². The van der Waals surface area contributed by atoms with Crippen molar-refractivity contribution in [2.45, 2.75) is 13.8 Å². The molecule has 3 heteroatoms. The molecule has 0 radical (unpaired) electrons. The second-order valence-electron chi connectivity index (χ2n) is 2.20. The molecule has 0 aromatic carbocycles. The van der Waals surface area contributed by atoms with Crippen molar-refractivity contribution in [2.24, 2.45) is 5.92 Å². The van der Waals surface area contributed by atoms with E-state index < -0.39 is 0 Å². The predicted molar refractivity (Wildman–Crippen MR) is 41.3 cm³/mol. The molecule has 0 atom stereocenters. The lowest BCUT2D eigenvalue weighted by molar-refractivity contribution is 0.635. The largest absolute Gasteiger partial charge is 0.345 e. The summed E-state index contributed by atoms with van der Waals surface area (Å²) >= 11 is 0. The maximum absolute atomic E-state index is 3.45. The first-order valence-electron chi connectivity index (χ1n) is 2.98. The molecule has 0 unspecified atom stereocenters. The van der Waals surface area contributed by atoms with Crippen LogP contribution in [0.15, 0.2) is 0 Å². The van der Waals surface area contributed by atoms with Gasteiger partial charge in [-0.05, 0) is 12.5 Å². The van der Waals surface area contributed by atoms with Crippen molar-refractivity contribution in [3.05, 3.63) is 0 Å². The van der Waals surface area contributed by atoms with Crippen LogP contribution in [0.25, 0.3) is 0 Å². The van der Waals surface area contributed by atoms with E-state index in [1.54, 1.807) is 0 Å². The van der Waals surface area contributed by atoms with Gasteiger partial charge < -0.3 is 4.98 Å². The van der Waals surface area contributed by atoms with Crippen molar-refractivity contribution >= 4 is 19.0 Å². The first kappa shape index (κ1) is 7.39. The molecule has 0 amide bonds. The first-order chi connectivity index (χ1) is 3.27. The van der Waals surface area contributed by atoms with Gasteiger partial charge in [-0.3, -0.25) is 0 Å². The van der Waals surface area contributed by atoms with Crippen molar-refractivity contribution in [3.63, 3.8) is 0 Å². The van der Waals surface area contributed by atoms with Gasteiger partial charge in [0.15, 0.2) is 0 Å². The summed E-state index contributed by atoms with van der Waals surface area (Å²) in [5.41, 5.74) is 0. The maximum Gasteiger partial charge on any atom is 0.0721 e. The van der Waals surface area contributed by atoms with Crippen molar-refractivity contribution in [1.29, 1.82) is 0 Å². The minimum atomic E-state index is 0.260. The second kappa shape index (κ2) is 4.55. The summed E-state index contributed by atoms with van der Waals surface area (Å²) in [5, 5.41) is 0. The molecule has 0 saturated heterocycles. The van der Waals surface area contributed by atoms with Crippen LogP contribution in [0.2, 0.25) is 0 Å². The Hall–Kier alpha value is 0.394. The molecule has 0 heterocycles. The lowest BCUT2D eigenvalue weighted by atomic mass is 10.2. The molecule has 0 fully saturated rings. The Morgan fingerprint density at radius 2 is 2.29 bits per heavy atom. The van der Waals surface area contributed by atoms with E-state index in [-0.39, 0.29) is 9.20 Å². The number of hydrogen-bond acceptors (Lipinski definition) is 1. The summed E-state index contributed by atoms with van der Waals surface area (Å²) < 4.78 is 0. The minimum absolute atomic E-state index is 0.260. The molecule has 44 valence electrons. The van der Waals surface area contributed by atoms with Gasteiger partial charge in [0.1, 0.15) is 0 Å². The molecule has 1 nitrogen and oxygen atoms in total. The van der Waals surface area contributed by atoms with Crippen LogP contribution in [0.4, 0.5) is 0 Å². The van der Waals surface area contributed by atoms with Crippen molar-refractivity contribution < 1.29 is 0 Å². The molecule has 0 aliphatic rings. The summed E-state index contributed by atoms with van der Waals surface area (Å²) in [6.45, 7) is 5.74. The van der Waals surface area contributed by atoms with Gasteiger partial charge in [0.05, 0.1) is 9.20 Å². The highest BCUT2D eigenvalue weighted by Crippen LogP contribution is 1.84. The molecule has 0 rings (SSSR count). The standard InChI is InChI=1S/C4H15NSi2/c1-4(2)3-5-7-6/h4-5H,3,7H2,1-2,6H3. The minimum Gasteiger partial charge on any atom is -0.345 e. The summed E-state index contributed by atoms with van der Waals surface area (Å²) in [4.78, 5) is 3.45. The SMILES string of the molecule is CC(C)CN[SiH2][SiH3]. The average Bonchev–Trinajstić information content (AvgIpc) is 1.61. The molecule has 0 bridgehead atoms. The van der Waals surface area contributed by atoms with Gasteiger partial charge >= 0.3 is 0 Å². The summed E-state index contributed by atoms with van der Waals surface area (Å²) in [7, 11) is 1.68. The molecular formula is C4H15NSi2. The van der Waals surface area contributed by atoms with Gasteiger partial charge in [0.2, 0.25) is 0 Å². The summed E-state index contributed by atoms with van der Waals surface area (Å²) in [6, 6.07) is 0. The van der Waals surface area contributed by atoms with Gasteiger partial charge in [-0.25, -0.2) is 0 Å². The highest BCUT2D eigenvalue weighted by molar-refractivity contribution is 6.87. The molecular weight excluding hydrogens is 118 g/mol. The Morgan fingerprint density at radius 3 is 2.43 bits per heavy atom. The quantitative estimate of drug-likeness (QED) is 0.467. The molecule has 0 aliphatic heterocycles. The third kappa shape index (κ3) is 6.39.